The van der Waals surface area contributed by atoms with Crippen LogP contribution in [0.15, 0.2) is 47.4 Å². The van der Waals surface area contributed by atoms with E-state index in [-0.39, 0.29) is 17.5 Å². The third-order valence-electron chi connectivity index (χ3n) is 5.67. The lowest BCUT2D eigenvalue weighted by Gasteiger charge is -2.33. The molecule has 0 unspecified atom stereocenters. The molecule has 1 N–H and O–H groups in total. The SMILES string of the molecule is CCc1ccccc1NC(=O)N1CCC(c2cc(=O)n3nccc3n2C)CC1. The summed E-state index contributed by atoms with van der Waals surface area (Å²) in [5.41, 5.74) is 3.71. The number of aromatic nitrogens is 3. The number of anilines is 1. The number of fused-ring (bicyclic) bond motifs is 1. The first-order valence-electron chi connectivity index (χ1n) is 9.76. The van der Waals surface area contributed by atoms with E-state index in [4.69, 9.17) is 0 Å². The van der Waals surface area contributed by atoms with Crippen molar-refractivity contribution in [3.8, 4) is 0 Å². The summed E-state index contributed by atoms with van der Waals surface area (Å²) < 4.78 is 3.45. The van der Waals surface area contributed by atoms with Gasteiger partial charge < -0.3 is 14.8 Å². The fraction of sp³-hybridized carbons (Fsp3) is 0.381. The van der Waals surface area contributed by atoms with Crippen LogP contribution in [0.2, 0.25) is 0 Å². The van der Waals surface area contributed by atoms with Crippen molar-refractivity contribution in [2.24, 2.45) is 7.05 Å². The Bertz CT molecular complexity index is 1060. The van der Waals surface area contributed by atoms with Crippen molar-refractivity contribution in [3.63, 3.8) is 0 Å². The lowest BCUT2D eigenvalue weighted by Crippen LogP contribution is -2.41. The molecule has 146 valence electrons. The number of likely N-dealkylation sites (tertiary alicyclic amines) is 1. The lowest BCUT2D eigenvalue weighted by atomic mass is 9.93. The van der Waals surface area contributed by atoms with Crippen molar-refractivity contribution in [3.05, 3.63) is 64.2 Å². The predicted molar refractivity (Wildman–Crippen MR) is 109 cm³/mol. The molecule has 0 spiro atoms. The van der Waals surface area contributed by atoms with Gasteiger partial charge >= 0.3 is 6.03 Å². The van der Waals surface area contributed by atoms with Crippen molar-refractivity contribution in [1.82, 2.24) is 19.1 Å². The minimum atomic E-state index is -0.107. The van der Waals surface area contributed by atoms with E-state index in [1.165, 1.54) is 4.52 Å². The number of amides is 2. The average Bonchev–Trinajstić information content (AvgIpc) is 3.22. The molecular formula is C21H25N5O2. The molecule has 7 nitrogen and oxygen atoms in total. The van der Waals surface area contributed by atoms with Crippen LogP contribution in [0.25, 0.3) is 5.65 Å². The number of nitrogens with one attached hydrogen (secondary N) is 1. The Morgan fingerprint density at radius 1 is 1.21 bits per heavy atom. The largest absolute Gasteiger partial charge is 0.333 e. The summed E-state index contributed by atoms with van der Waals surface area (Å²) in [6.45, 7) is 3.42. The first kappa shape index (κ1) is 18.3. The molecule has 0 saturated carbocycles. The maximum atomic E-state index is 12.7. The highest BCUT2D eigenvalue weighted by Gasteiger charge is 2.26. The highest BCUT2D eigenvalue weighted by molar-refractivity contribution is 5.90. The Hall–Kier alpha value is -3.09. The summed E-state index contributed by atoms with van der Waals surface area (Å²) in [4.78, 5) is 26.9. The maximum absolute atomic E-state index is 12.7. The third-order valence-corrected chi connectivity index (χ3v) is 5.67. The van der Waals surface area contributed by atoms with E-state index in [1.54, 1.807) is 12.3 Å². The summed E-state index contributed by atoms with van der Waals surface area (Å²) in [6.07, 6.45) is 4.19. The van der Waals surface area contributed by atoms with Gasteiger partial charge in [-0.1, -0.05) is 25.1 Å². The molecule has 1 aliphatic rings. The van der Waals surface area contributed by atoms with Crippen molar-refractivity contribution < 1.29 is 4.79 Å². The smallest absolute Gasteiger partial charge is 0.321 e. The number of carbonyl (C=O) groups excluding carboxylic acids is 1. The van der Waals surface area contributed by atoms with Crippen LogP contribution < -0.4 is 10.9 Å². The Balaban J connectivity index is 1.45. The molecule has 28 heavy (non-hydrogen) atoms. The number of aryl methyl sites for hydroxylation is 2. The van der Waals surface area contributed by atoms with E-state index in [1.807, 2.05) is 46.8 Å². The molecule has 4 rings (SSSR count). The fourth-order valence-electron chi connectivity index (χ4n) is 4.05. The molecule has 1 fully saturated rings. The number of rotatable bonds is 3. The summed E-state index contributed by atoms with van der Waals surface area (Å²) in [5, 5.41) is 7.12. The van der Waals surface area contributed by atoms with Gasteiger partial charge in [0.2, 0.25) is 0 Å². The van der Waals surface area contributed by atoms with Crippen LogP contribution >= 0.6 is 0 Å². The van der Waals surface area contributed by atoms with Gasteiger partial charge in [-0.25, -0.2) is 4.79 Å². The van der Waals surface area contributed by atoms with Gasteiger partial charge in [0.25, 0.3) is 5.56 Å². The van der Waals surface area contributed by atoms with Gasteiger partial charge in [-0.05, 0) is 30.9 Å². The molecule has 0 atom stereocenters. The second-order valence-corrected chi connectivity index (χ2v) is 7.27. The van der Waals surface area contributed by atoms with Gasteiger partial charge in [0.05, 0.1) is 6.20 Å². The van der Waals surface area contributed by atoms with Crippen molar-refractivity contribution >= 4 is 17.4 Å². The quantitative estimate of drug-likeness (QED) is 0.760. The van der Waals surface area contributed by atoms with E-state index in [0.717, 1.165) is 41.9 Å². The topological polar surface area (TPSA) is 71.6 Å². The van der Waals surface area contributed by atoms with E-state index >= 15 is 0 Å². The van der Waals surface area contributed by atoms with Crippen molar-refractivity contribution in [1.29, 1.82) is 0 Å². The summed E-state index contributed by atoms with van der Waals surface area (Å²) in [5.74, 6) is 0.254. The Morgan fingerprint density at radius 3 is 2.71 bits per heavy atom. The minimum Gasteiger partial charge on any atom is -0.333 e. The Labute approximate surface area is 163 Å². The van der Waals surface area contributed by atoms with Gasteiger partial charge in [0, 0.05) is 49.6 Å². The lowest BCUT2D eigenvalue weighted by molar-refractivity contribution is 0.193. The van der Waals surface area contributed by atoms with Gasteiger partial charge in [-0.15, -0.1) is 0 Å². The third kappa shape index (κ3) is 3.28. The molecule has 0 bridgehead atoms. The molecule has 3 aromatic rings. The molecule has 0 radical (unpaired) electrons. The van der Waals surface area contributed by atoms with Gasteiger partial charge in [0.1, 0.15) is 5.65 Å². The van der Waals surface area contributed by atoms with E-state index in [0.29, 0.717) is 13.1 Å². The molecule has 1 aliphatic heterocycles. The second kappa shape index (κ2) is 7.50. The standard InChI is InChI=1S/C21H25N5O2/c1-3-15-6-4-5-7-17(15)23-21(28)25-12-9-16(10-13-25)18-14-20(27)26-19(24(18)2)8-11-22-26/h4-8,11,14,16H,3,9-10,12-13H2,1-2H3,(H,23,28). The molecule has 1 aromatic carbocycles. The maximum Gasteiger partial charge on any atom is 0.321 e. The van der Waals surface area contributed by atoms with Gasteiger partial charge in [-0.3, -0.25) is 4.79 Å². The van der Waals surface area contributed by atoms with E-state index in [2.05, 4.69) is 17.3 Å². The van der Waals surface area contributed by atoms with Crippen LogP contribution in [0.1, 0.15) is 36.9 Å². The Morgan fingerprint density at radius 2 is 1.96 bits per heavy atom. The van der Waals surface area contributed by atoms with Gasteiger partial charge in [0.15, 0.2) is 0 Å². The molecular weight excluding hydrogens is 354 g/mol. The Kier molecular flexibility index (Phi) is 4.90. The number of nitrogens with zero attached hydrogens (tertiary/aromatic N) is 4. The molecule has 1 saturated heterocycles. The molecule has 3 heterocycles. The molecule has 0 aliphatic carbocycles. The van der Waals surface area contributed by atoms with Crippen LogP contribution in [0.5, 0.6) is 0 Å². The number of benzene rings is 1. The number of hydrogen-bond donors (Lipinski definition) is 1. The number of carbonyl (C=O) groups is 1. The van der Waals surface area contributed by atoms with Crippen molar-refractivity contribution in [2.45, 2.75) is 32.1 Å². The number of piperidine rings is 1. The molecule has 2 amide bonds. The van der Waals surface area contributed by atoms with E-state index in [9.17, 15) is 9.59 Å². The average molecular weight is 379 g/mol. The first-order chi connectivity index (χ1) is 13.6. The van der Waals surface area contributed by atoms with Crippen LogP contribution in [-0.4, -0.2) is 38.2 Å². The molecule has 2 aromatic heterocycles. The second-order valence-electron chi connectivity index (χ2n) is 7.27. The predicted octanol–water partition coefficient (Wildman–Crippen LogP) is 3.01. The zero-order valence-corrected chi connectivity index (χ0v) is 16.3. The minimum absolute atomic E-state index is 0.0560. The first-order valence-corrected chi connectivity index (χ1v) is 9.76. The monoisotopic (exact) mass is 379 g/mol. The van der Waals surface area contributed by atoms with E-state index < -0.39 is 0 Å². The number of hydrogen-bond acceptors (Lipinski definition) is 3. The van der Waals surface area contributed by atoms with Crippen LogP contribution in [-0.2, 0) is 13.5 Å². The number of urea groups is 1. The van der Waals surface area contributed by atoms with Crippen LogP contribution in [0.4, 0.5) is 10.5 Å². The van der Waals surface area contributed by atoms with Gasteiger partial charge in [-0.2, -0.15) is 9.61 Å². The highest BCUT2D eigenvalue weighted by Crippen LogP contribution is 2.28. The summed E-state index contributed by atoms with van der Waals surface area (Å²) in [7, 11) is 1.96. The summed E-state index contributed by atoms with van der Waals surface area (Å²) >= 11 is 0. The van der Waals surface area contributed by atoms with Crippen LogP contribution in [0.3, 0.4) is 0 Å². The zero-order valence-electron chi connectivity index (χ0n) is 16.3. The summed E-state index contributed by atoms with van der Waals surface area (Å²) in [6, 6.07) is 11.4. The highest BCUT2D eigenvalue weighted by atomic mass is 16.2. The zero-order chi connectivity index (χ0) is 19.7. The molecule has 7 heteroatoms. The van der Waals surface area contributed by atoms with Crippen molar-refractivity contribution in [2.75, 3.05) is 18.4 Å². The fourth-order valence-corrected chi connectivity index (χ4v) is 4.05. The van der Waals surface area contributed by atoms with Crippen LogP contribution in [0, 0.1) is 0 Å². The number of para-hydroxylation sites is 1. The normalized spacial score (nSPS) is 15.1.